The second kappa shape index (κ2) is 7.23. The molecule has 2 heterocycles. The van der Waals surface area contributed by atoms with Gasteiger partial charge in [-0.15, -0.1) is 11.3 Å². The molecule has 1 fully saturated rings. The van der Waals surface area contributed by atoms with Gasteiger partial charge in [0.05, 0.1) is 10.7 Å². The highest BCUT2D eigenvalue weighted by atomic mass is 32.1. The zero-order chi connectivity index (χ0) is 16.2. The van der Waals surface area contributed by atoms with Crippen molar-refractivity contribution in [1.82, 2.24) is 15.2 Å². The smallest absolute Gasteiger partial charge is 0.263 e. The number of hydrogen-bond donors (Lipinski definition) is 1. The summed E-state index contributed by atoms with van der Waals surface area (Å²) in [5.41, 5.74) is 1.80. The maximum absolute atomic E-state index is 12.6. The van der Waals surface area contributed by atoms with E-state index in [-0.39, 0.29) is 5.91 Å². The van der Waals surface area contributed by atoms with Gasteiger partial charge in [-0.05, 0) is 39.3 Å². The number of carbonyl (C=O) groups is 1. The van der Waals surface area contributed by atoms with E-state index in [0.29, 0.717) is 5.92 Å². The highest BCUT2D eigenvalue weighted by Gasteiger charge is 2.21. The van der Waals surface area contributed by atoms with Gasteiger partial charge in [-0.2, -0.15) is 0 Å². The third kappa shape index (κ3) is 3.98. The minimum absolute atomic E-state index is 0.00248. The van der Waals surface area contributed by atoms with Crippen molar-refractivity contribution >= 4 is 17.2 Å². The van der Waals surface area contributed by atoms with E-state index in [0.717, 1.165) is 40.8 Å². The molecule has 4 nitrogen and oxygen atoms in total. The number of nitrogens with zero attached hydrogens (tertiary/aromatic N) is 2. The van der Waals surface area contributed by atoms with E-state index in [1.165, 1.54) is 24.2 Å². The average molecular weight is 329 g/mol. The molecule has 1 aromatic carbocycles. The number of likely N-dealkylation sites (tertiary alicyclic amines) is 1. The molecular weight excluding hydrogens is 306 g/mol. The quantitative estimate of drug-likeness (QED) is 0.937. The number of amides is 1. The Bertz CT molecular complexity index is 668. The van der Waals surface area contributed by atoms with Crippen LogP contribution in [0.3, 0.4) is 0 Å². The molecule has 0 radical (unpaired) electrons. The molecule has 3 rings (SSSR count). The molecule has 0 saturated carbocycles. The standard InChI is InChI=1S/C18H23N3OS/c1-13-20-16(15-8-4-3-5-9-15)17(23-13)18(22)19-11-14-7-6-10-21(2)12-14/h3-5,8-9,14H,6-7,10-12H2,1-2H3,(H,19,22). The van der Waals surface area contributed by atoms with Crippen LogP contribution in [0.25, 0.3) is 11.3 Å². The number of nitrogens with one attached hydrogen (secondary N) is 1. The van der Waals surface area contributed by atoms with Gasteiger partial charge in [0.15, 0.2) is 0 Å². The lowest BCUT2D eigenvalue weighted by Crippen LogP contribution is -2.39. The molecule has 0 aliphatic carbocycles. The third-order valence-corrected chi connectivity index (χ3v) is 5.23. The lowest BCUT2D eigenvalue weighted by atomic mass is 9.98. The summed E-state index contributed by atoms with van der Waals surface area (Å²) in [6.07, 6.45) is 2.41. The number of thiazole rings is 1. The number of carbonyl (C=O) groups excluding carboxylic acids is 1. The highest BCUT2D eigenvalue weighted by Crippen LogP contribution is 2.28. The Morgan fingerprint density at radius 2 is 2.17 bits per heavy atom. The van der Waals surface area contributed by atoms with Crippen molar-refractivity contribution in [2.75, 3.05) is 26.7 Å². The number of aryl methyl sites for hydroxylation is 1. The van der Waals surface area contributed by atoms with E-state index in [1.807, 2.05) is 37.3 Å². The van der Waals surface area contributed by atoms with E-state index >= 15 is 0 Å². The Labute approximate surface area is 141 Å². The first kappa shape index (κ1) is 16.1. The molecule has 1 amide bonds. The van der Waals surface area contributed by atoms with Crippen molar-refractivity contribution in [2.24, 2.45) is 5.92 Å². The van der Waals surface area contributed by atoms with Crippen LogP contribution >= 0.6 is 11.3 Å². The largest absolute Gasteiger partial charge is 0.351 e. The van der Waals surface area contributed by atoms with Gasteiger partial charge in [0.25, 0.3) is 5.91 Å². The van der Waals surface area contributed by atoms with Gasteiger partial charge in [-0.3, -0.25) is 4.79 Å². The summed E-state index contributed by atoms with van der Waals surface area (Å²) < 4.78 is 0. The normalized spacial score (nSPS) is 18.8. The SMILES string of the molecule is Cc1nc(-c2ccccc2)c(C(=O)NCC2CCCN(C)C2)s1. The summed E-state index contributed by atoms with van der Waals surface area (Å²) >= 11 is 1.47. The van der Waals surface area contributed by atoms with Crippen LogP contribution in [0.1, 0.15) is 27.5 Å². The van der Waals surface area contributed by atoms with E-state index in [9.17, 15) is 4.79 Å². The van der Waals surface area contributed by atoms with Crippen molar-refractivity contribution < 1.29 is 4.79 Å². The number of rotatable bonds is 4. The van der Waals surface area contributed by atoms with Gasteiger partial charge in [0, 0.05) is 18.7 Å². The van der Waals surface area contributed by atoms with Crippen LogP contribution in [0.2, 0.25) is 0 Å². The molecular formula is C18H23N3OS. The molecule has 0 bridgehead atoms. The summed E-state index contributed by atoms with van der Waals surface area (Å²) in [5.74, 6) is 0.551. The van der Waals surface area contributed by atoms with Crippen LogP contribution in [0.15, 0.2) is 30.3 Å². The lowest BCUT2D eigenvalue weighted by Gasteiger charge is -2.29. The van der Waals surface area contributed by atoms with Gasteiger partial charge in [0.1, 0.15) is 4.88 Å². The second-order valence-electron chi connectivity index (χ2n) is 6.26. The first-order valence-electron chi connectivity index (χ1n) is 8.13. The second-order valence-corrected chi connectivity index (χ2v) is 7.46. The Hall–Kier alpha value is -1.72. The van der Waals surface area contributed by atoms with Gasteiger partial charge >= 0.3 is 0 Å². The maximum Gasteiger partial charge on any atom is 0.263 e. The first-order chi connectivity index (χ1) is 11.1. The Morgan fingerprint density at radius 1 is 1.39 bits per heavy atom. The van der Waals surface area contributed by atoms with E-state index in [4.69, 9.17) is 0 Å². The summed E-state index contributed by atoms with van der Waals surface area (Å²) in [7, 11) is 2.15. The number of hydrogen-bond acceptors (Lipinski definition) is 4. The highest BCUT2D eigenvalue weighted by molar-refractivity contribution is 7.14. The van der Waals surface area contributed by atoms with Crippen LogP contribution in [0.5, 0.6) is 0 Å². The topological polar surface area (TPSA) is 45.2 Å². The lowest BCUT2D eigenvalue weighted by molar-refractivity contribution is 0.0941. The summed E-state index contributed by atoms with van der Waals surface area (Å²) in [6.45, 7) is 4.92. The van der Waals surface area contributed by atoms with Crippen LogP contribution < -0.4 is 5.32 Å². The van der Waals surface area contributed by atoms with Crippen molar-refractivity contribution in [3.05, 3.63) is 40.2 Å². The minimum Gasteiger partial charge on any atom is -0.351 e. The number of benzene rings is 1. The maximum atomic E-state index is 12.6. The first-order valence-corrected chi connectivity index (χ1v) is 8.94. The molecule has 1 atom stereocenters. The zero-order valence-electron chi connectivity index (χ0n) is 13.7. The van der Waals surface area contributed by atoms with Crippen LogP contribution in [-0.4, -0.2) is 42.5 Å². The molecule has 1 N–H and O–H groups in total. The fourth-order valence-electron chi connectivity index (χ4n) is 3.13. The van der Waals surface area contributed by atoms with E-state index in [1.54, 1.807) is 0 Å². The molecule has 122 valence electrons. The molecule has 1 aliphatic heterocycles. The van der Waals surface area contributed by atoms with Crippen molar-refractivity contribution in [3.63, 3.8) is 0 Å². The summed E-state index contributed by atoms with van der Waals surface area (Å²) in [5, 5.41) is 4.04. The molecule has 1 aliphatic rings. The Morgan fingerprint density at radius 3 is 2.91 bits per heavy atom. The third-order valence-electron chi connectivity index (χ3n) is 4.26. The van der Waals surface area contributed by atoms with Gasteiger partial charge in [-0.25, -0.2) is 4.98 Å². The number of aromatic nitrogens is 1. The van der Waals surface area contributed by atoms with Crippen molar-refractivity contribution in [2.45, 2.75) is 19.8 Å². The predicted molar refractivity (Wildman–Crippen MR) is 94.8 cm³/mol. The fourth-order valence-corrected chi connectivity index (χ4v) is 3.99. The molecule has 5 heteroatoms. The van der Waals surface area contributed by atoms with Crippen LogP contribution in [0, 0.1) is 12.8 Å². The predicted octanol–water partition coefficient (Wildman–Crippen LogP) is 3.19. The van der Waals surface area contributed by atoms with E-state index < -0.39 is 0 Å². The molecule has 1 aromatic heterocycles. The summed E-state index contributed by atoms with van der Waals surface area (Å²) in [4.78, 5) is 20.2. The van der Waals surface area contributed by atoms with Crippen LogP contribution in [0.4, 0.5) is 0 Å². The van der Waals surface area contributed by atoms with Crippen LogP contribution in [-0.2, 0) is 0 Å². The average Bonchev–Trinajstić information content (AvgIpc) is 2.95. The zero-order valence-corrected chi connectivity index (χ0v) is 14.5. The molecule has 1 unspecified atom stereocenters. The molecule has 1 saturated heterocycles. The van der Waals surface area contributed by atoms with Gasteiger partial charge in [0.2, 0.25) is 0 Å². The monoisotopic (exact) mass is 329 g/mol. The summed E-state index contributed by atoms with van der Waals surface area (Å²) in [6, 6.07) is 9.93. The molecule has 2 aromatic rings. The van der Waals surface area contributed by atoms with Gasteiger partial charge < -0.3 is 10.2 Å². The van der Waals surface area contributed by atoms with Gasteiger partial charge in [-0.1, -0.05) is 30.3 Å². The van der Waals surface area contributed by atoms with E-state index in [2.05, 4.69) is 22.2 Å². The molecule has 0 spiro atoms. The molecule has 23 heavy (non-hydrogen) atoms. The Balaban J connectivity index is 1.70. The fraction of sp³-hybridized carbons (Fsp3) is 0.444. The number of piperidine rings is 1. The minimum atomic E-state index is 0.00248. The van der Waals surface area contributed by atoms with Crippen molar-refractivity contribution in [1.29, 1.82) is 0 Å². The Kier molecular flexibility index (Phi) is 5.08. The van der Waals surface area contributed by atoms with Crippen molar-refractivity contribution in [3.8, 4) is 11.3 Å².